The first-order valence-corrected chi connectivity index (χ1v) is 4.95. The number of nitrogen functional groups attached to an aromatic ring is 1. The number of nitrogens with zero attached hydrogens (tertiary/aromatic N) is 2. The number of aromatic nitrogens is 3. The van der Waals surface area contributed by atoms with Gasteiger partial charge in [0, 0.05) is 10.0 Å². The topological polar surface area (TPSA) is 84.7 Å². The van der Waals surface area contributed by atoms with Crippen LogP contribution in [0.1, 0.15) is 0 Å². The van der Waals surface area contributed by atoms with E-state index in [9.17, 15) is 4.79 Å². The van der Waals surface area contributed by atoms with Gasteiger partial charge in [-0.3, -0.25) is 4.98 Å². The van der Waals surface area contributed by atoms with Gasteiger partial charge >= 0.3 is 5.69 Å². The quantitative estimate of drug-likeness (QED) is 0.812. The van der Waals surface area contributed by atoms with Crippen molar-refractivity contribution in [1.82, 2.24) is 15.0 Å². The Morgan fingerprint density at radius 1 is 1.27 bits per heavy atom. The Morgan fingerprint density at radius 2 is 2.00 bits per heavy atom. The number of nitrogens with two attached hydrogens (primary N) is 1. The Morgan fingerprint density at radius 3 is 2.67 bits per heavy atom. The van der Waals surface area contributed by atoms with Gasteiger partial charge in [0.1, 0.15) is 5.82 Å². The molecule has 0 spiro atoms. The molecule has 6 heteroatoms. The van der Waals surface area contributed by atoms with Gasteiger partial charge in [0.15, 0.2) is 0 Å². The van der Waals surface area contributed by atoms with Crippen molar-refractivity contribution in [3.05, 3.63) is 39.2 Å². The van der Waals surface area contributed by atoms with Gasteiger partial charge in [0.25, 0.3) is 0 Å². The van der Waals surface area contributed by atoms with Crippen LogP contribution in [-0.2, 0) is 0 Å². The van der Waals surface area contributed by atoms with Crippen LogP contribution in [0.2, 0.25) is 0 Å². The fraction of sp³-hybridized carbons (Fsp3) is 0. The summed E-state index contributed by atoms with van der Waals surface area (Å²) in [5.74, 6) is 0.365. The van der Waals surface area contributed by atoms with Crippen LogP contribution in [0.5, 0.6) is 0 Å². The second kappa shape index (κ2) is 3.82. The Hall–Kier alpha value is -1.69. The van der Waals surface area contributed by atoms with Crippen LogP contribution < -0.4 is 11.4 Å². The van der Waals surface area contributed by atoms with E-state index in [2.05, 4.69) is 30.9 Å². The van der Waals surface area contributed by atoms with Crippen LogP contribution in [0.3, 0.4) is 0 Å². The van der Waals surface area contributed by atoms with Gasteiger partial charge in [-0.25, -0.2) is 4.79 Å². The molecule has 0 atom stereocenters. The molecular weight excluding hydrogens is 260 g/mol. The molecule has 3 N–H and O–H groups in total. The van der Waals surface area contributed by atoms with Crippen LogP contribution in [0.4, 0.5) is 5.95 Å². The Labute approximate surface area is 93.5 Å². The fourth-order valence-electron chi connectivity index (χ4n) is 1.18. The molecule has 76 valence electrons. The molecule has 0 aliphatic heterocycles. The van der Waals surface area contributed by atoms with Crippen LogP contribution in [-0.4, -0.2) is 15.0 Å². The second-order valence-corrected chi connectivity index (χ2v) is 3.69. The molecule has 0 bridgehead atoms. The molecule has 2 rings (SSSR count). The van der Waals surface area contributed by atoms with Gasteiger partial charge in [0.05, 0.1) is 0 Å². The standard InChI is InChI=1S/C9H7BrN4O/c10-6-4-2-1-3-5(6)7-12-8(11)14-9(15)13-7/h1-4H,(H3,11,12,13,14,15). The molecule has 0 aliphatic carbocycles. The minimum absolute atomic E-state index is 0.0375. The van der Waals surface area contributed by atoms with Gasteiger partial charge in [-0.15, -0.1) is 0 Å². The zero-order valence-electron chi connectivity index (χ0n) is 7.57. The van der Waals surface area contributed by atoms with Crippen LogP contribution in [0.15, 0.2) is 33.5 Å². The summed E-state index contributed by atoms with van der Waals surface area (Å²) in [6, 6.07) is 7.39. The van der Waals surface area contributed by atoms with Crippen molar-refractivity contribution in [2.75, 3.05) is 5.73 Å². The van der Waals surface area contributed by atoms with E-state index in [1.165, 1.54) is 0 Å². The molecule has 1 aromatic heterocycles. The largest absolute Gasteiger partial charge is 0.368 e. The monoisotopic (exact) mass is 266 g/mol. The fourth-order valence-corrected chi connectivity index (χ4v) is 1.65. The molecule has 0 saturated carbocycles. The SMILES string of the molecule is Nc1nc(-c2ccccc2Br)[nH]c(=O)n1. The Kier molecular flexibility index (Phi) is 2.51. The normalized spacial score (nSPS) is 10.2. The van der Waals surface area contributed by atoms with E-state index in [0.29, 0.717) is 5.82 Å². The van der Waals surface area contributed by atoms with Crippen LogP contribution in [0.25, 0.3) is 11.4 Å². The lowest BCUT2D eigenvalue weighted by molar-refractivity contribution is 1.01. The summed E-state index contributed by atoms with van der Waals surface area (Å²) < 4.78 is 0.832. The van der Waals surface area contributed by atoms with Crippen molar-refractivity contribution in [2.45, 2.75) is 0 Å². The third-order valence-corrected chi connectivity index (χ3v) is 2.49. The summed E-state index contributed by atoms with van der Waals surface area (Å²) in [6.07, 6.45) is 0. The predicted molar refractivity (Wildman–Crippen MR) is 60.2 cm³/mol. The highest BCUT2D eigenvalue weighted by Crippen LogP contribution is 2.24. The second-order valence-electron chi connectivity index (χ2n) is 2.84. The number of hydrogen-bond donors (Lipinski definition) is 2. The maximum atomic E-state index is 11.1. The first-order chi connectivity index (χ1) is 7.16. The molecule has 5 nitrogen and oxygen atoms in total. The van der Waals surface area contributed by atoms with Gasteiger partial charge < -0.3 is 5.73 Å². The van der Waals surface area contributed by atoms with Gasteiger partial charge in [-0.1, -0.05) is 34.1 Å². The lowest BCUT2D eigenvalue weighted by atomic mass is 10.2. The molecule has 15 heavy (non-hydrogen) atoms. The molecule has 1 aromatic carbocycles. The molecule has 1 heterocycles. The van der Waals surface area contributed by atoms with E-state index in [-0.39, 0.29) is 5.95 Å². The average molecular weight is 267 g/mol. The van der Waals surface area contributed by atoms with Gasteiger partial charge in [-0.05, 0) is 6.07 Å². The highest BCUT2D eigenvalue weighted by atomic mass is 79.9. The maximum Gasteiger partial charge on any atom is 0.349 e. The number of anilines is 1. The number of nitrogens with one attached hydrogen (secondary N) is 1. The summed E-state index contributed by atoms with van der Waals surface area (Å²) in [6.45, 7) is 0. The van der Waals surface area contributed by atoms with E-state index in [1.807, 2.05) is 24.3 Å². The van der Waals surface area contributed by atoms with Gasteiger partial charge in [-0.2, -0.15) is 9.97 Å². The average Bonchev–Trinajstić information content (AvgIpc) is 2.16. The summed E-state index contributed by atoms with van der Waals surface area (Å²) in [5, 5.41) is 0. The number of aromatic amines is 1. The van der Waals surface area contributed by atoms with E-state index < -0.39 is 5.69 Å². The Balaban J connectivity index is 2.64. The molecule has 0 radical (unpaired) electrons. The predicted octanol–water partition coefficient (Wildman–Crippen LogP) is 1.18. The summed E-state index contributed by atoms with van der Waals surface area (Å²) >= 11 is 3.36. The first-order valence-electron chi connectivity index (χ1n) is 4.15. The van der Waals surface area contributed by atoms with Crippen LogP contribution >= 0.6 is 15.9 Å². The first kappa shape index (κ1) is 9.85. The highest BCUT2D eigenvalue weighted by molar-refractivity contribution is 9.10. The zero-order valence-corrected chi connectivity index (χ0v) is 9.15. The van der Waals surface area contributed by atoms with Crippen LogP contribution in [0, 0.1) is 0 Å². The highest BCUT2D eigenvalue weighted by Gasteiger charge is 2.05. The molecule has 0 unspecified atom stereocenters. The van der Waals surface area contributed by atoms with Crippen molar-refractivity contribution in [2.24, 2.45) is 0 Å². The third kappa shape index (κ3) is 2.04. The molecule has 2 aromatic rings. The Bertz CT molecular complexity index is 552. The molecular formula is C9H7BrN4O. The number of hydrogen-bond acceptors (Lipinski definition) is 4. The molecule has 0 fully saturated rings. The van der Waals surface area contributed by atoms with Gasteiger partial charge in [0.2, 0.25) is 5.95 Å². The van der Waals surface area contributed by atoms with Crippen molar-refractivity contribution in [3.63, 3.8) is 0 Å². The molecule has 0 saturated heterocycles. The number of rotatable bonds is 1. The van der Waals surface area contributed by atoms with Crippen molar-refractivity contribution in [1.29, 1.82) is 0 Å². The maximum absolute atomic E-state index is 11.1. The molecule has 0 amide bonds. The third-order valence-electron chi connectivity index (χ3n) is 1.80. The number of halogens is 1. The smallest absolute Gasteiger partial charge is 0.349 e. The minimum Gasteiger partial charge on any atom is -0.368 e. The summed E-state index contributed by atoms with van der Waals surface area (Å²) in [5.41, 5.74) is 5.65. The summed E-state index contributed by atoms with van der Waals surface area (Å²) in [7, 11) is 0. The number of benzene rings is 1. The van der Waals surface area contributed by atoms with Crippen molar-refractivity contribution in [3.8, 4) is 11.4 Å². The lowest BCUT2D eigenvalue weighted by Gasteiger charge is -2.02. The lowest BCUT2D eigenvalue weighted by Crippen LogP contribution is -2.15. The van der Waals surface area contributed by atoms with Crippen molar-refractivity contribution >= 4 is 21.9 Å². The summed E-state index contributed by atoms with van der Waals surface area (Å²) in [4.78, 5) is 21.0. The van der Waals surface area contributed by atoms with Crippen molar-refractivity contribution < 1.29 is 0 Å². The van der Waals surface area contributed by atoms with E-state index >= 15 is 0 Å². The zero-order chi connectivity index (χ0) is 10.8. The minimum atomic E-state index is -0.506. The molecule has 0 aliphatic rings. The van der Waals surface area contributed by atoms with E-state index in [4.69, 9.17) is 5.73 Å². The number of H-pyrrole nitrogens is 1. The van der Waals surface area contributed by atoms with E-state index in [1.54, 1.807) is 0 Å². The van der Waals surface area contributed by atoms with E-state index in [0.717, 1.165) is 10.0 Å².